The van der Waals surface area contributed by atoms with E-state index >= 15 is 0 Å². The van der Waals surface area contributed by atoms with Crippen molar-refractivity contribution in [2.24, 2.45) is 0 Å². The summed E-state index contributed by atoms with van der Waals surface area (Å²) in [6.45, 7) is 1.63. The number of pyridine rings is 1. The molecule has 1 fully saturated rings. The quantitative estimate of drug-likeness (QED) is 0.423. The molecule has 1 saturated heterocycles. The maximum Gasteiger partial charge on any atom is 0.501 e. The molecule has 1 aliphatic heterocycles. The van der Waals surface area contributed by atoms with E-state index in [0.717, 1.165) is 12.1 Å². The molecule has 0 bridgehead atoms. The molecule has 2 unspecified atom stereocenters. The summed E-state index contributed by atoms with van der Waals surface area (Å²) in [5, 5.41) is 5.60. The van der Waals surface area contributed by atoms with Crippen LogP contribution in [-0.2, 0) is 14.6 Å². The number of anilines is 2. The molecule has 2 N–H and O–H groups in total. The number of alkyl halides is 3. The van der Waals surface area contributed by atoms with E-state index in [1.54, 1.807) is 31.2 Å². The van der Waals surface area contributed by atoms with Gasteiger partial charge < -0.3 is 10.6 Å². The Kier molecular flexibility index (Phi) is 7.17. The fourth-order valence-corrected chi connectivity index (χ4v) is 4.85. The van der Waals surface area contributed by atoms with Gasteiger partial charge in [-0.05, 0) is 54.1 Å². The van der Waals surface area contributed by atoms with Crippen LogP contribution in [0.15, 0.2) is 71.9 Å². The number of sulfone groups is 1. The maximum absolute atomic E-state index is 13.2. The van der Waals surface area contributed by atoms with Gasteiger partial charge in [-0.15, -0.1) is 0 Å². The first kappa shape index (κ1) is 27.1. The monoisotopic (exact) mass is 566 g/mol. The summed E-state index contributed by atoms with van der Waals surface area (Å²) in [6.07, 6.45) is 2.83. The molecule has 198 valence electrons. The Hall–Kier alpha value is -3.97. The fourth-order valence-electron chi connectivity index (χ4n) is 3.90. The lowest BCUT2D eigenvalue weighted by molar-refractivity contribution is -0.118. The molecule has 2 aromatic carbocycles. The summed E-state index contributed by atoms with van der Waals surface area (Å²) in [5.74, 6) is -1.89. The van der Waals surface area contributed by atoms with E-state index in [4.69, 9.17) is 11.6 Å². The Bertz CT molecular complexity index is 1530. The van der Waals surface area contributed by atoms with Gasteiger partial charge in [-0.25, -0.2) is 18.1 Å². The van der Waals surface area contributed by atoms with Crippen LogP contribution < -0.4 is 15.5 Å². The molecular weight excluding hydrogens is 549 g/mol. The lowest BCUT2D eigenvalue weighted by Gasteiger charge is -2.21. The zero-order chi connectivity index (χ0) is 27.8. The van der Waals surface area contributed by atoms with Gasteiger partial charge in [0.15, 0.2) is 0 Å². The summed E-state index contributed by atoms with van der Waals surface area (Å²) >= 11 is 5.95. The molecular formula is C24H18ClF3N4O5S. The summed E-state index contributed by atoms with van der Waals surface area (Å²) in [5.41, 5.74) is -4.57. The van der Waals surface area contributed by atoms with Gasteiger partial charge in [0.25, 0.3) is 21.7 Å². The highest BCUT2D eigenvalue weighted by molar-refractivity contribution is 7.92. The van der Waals surface area contributed by atoms with Crippen molar-refractivity contribution in [2.45, 2.75) is 29.3 Å². The number of aromatic nitrogens is 1. The van der Waals surface area contributed by atoms with E-state index in [2.05, 4.69) is 15.6 Å². The van der Waals surface area contributed by atoms with E-state index in [9.17, 15) is 36.0 Å². The zero-order valence-electron chi connectivity index (χ0n) is 19.4. The van der Waals surface area contributed by atoms with Crippen molar-refractivity contribution < 1.29 is 36.0 Å². The number of rotatable bonds is 6. The van der Waals surface area contributed by atoms with Crippen LogP contribution in [0, 0.1) is 0 Å². The van der Waals surface area contributed by atoms with E-state index in [1.807, 2.05) is 0 Å². The number of hydrogen-bond donors (Lipinski definition) is 2. The minimum Gasteiger partial charge on any atom is -0.325 e. The van der Waals surface area contributed by atoms with Gasteiger partial charge in [-0.3, -0.25) is 14.6 Å². The molecule has 38 heavy (non-hydrogen) atoms. The third kappa shape index (κ3) is 5.07. The molecule has 0 saturated carbocycles. The van der Waals surface area contributed by atoms with Gasteiger partial charge in [0.05, 0.1) is 22.5 Å². The topological polar surface area (TPSA) is 126 Å². The van der Waals surface area contributed by atoms with Crippen molar-refractivity contribution in [1.82, 2.24) is 10.3 Å². The summed E-state index contributed by atoms with van der Waals surface area (Å²) in [7, 11) is -5.59. The Morgan fingerprint density at radius 3 is 2.45 bits per heavy atom. The average Bonchev–Trinajstić information content (AvgIpc) is 3.17. The van der Waals surface area contributed by atoms with E-state index in [-0.39, 0.29) is 16.9 Å². The minimum absolute atomic E-state index is 0.118. The number of benzene rings is 2. The SMILES string of the molecule is CC(c1ccncc1NC(=O)c1cccc(Cl)c1)C1NC(=O)N(c2ccc(S(=O)(=O)C(F)(F)F)cc2)C1=O. The maximum atomic E-state index is 13.2. The van der Waals surface area contributed by atoms with Gasteiger partial charge in [-0.2, -0.15) is 13.2 Å². The second kappa shape index (κ2) is 10.1. The lowest BCUT2D eigenvalue weighted by Crippen LogP contribution is -2.35. The number of hydrogen-bond acceptors (Lipinski definition) is 6. The van der Waals surface area contributed by atoms with Crippen molar-refractivity contribution in [3.8, 4) is 0 Å². The molecule has 3 aromatic rings. The third-order valence-corrected chi connectivity index (χ3v) is 7.60. The van der Waals surface area contributed by atoms with E-state index in [0.29, 0.717) is 27.6 Å². The van der Waals surface area contributed by atoms with Crippen LogP contribution in [0.3, 0.4) is 0 Å². The fraction of sp³-hybridized carbons (Fsp3) is 0.167. The van der Waals surface area contributed by atoms with E-state index in [1.165, 1.54) is 18.5 Å². The molecule has 1 aromatic heterocycles. The molecule has 0 aliphatic carbocycles. The predicted octanol–water partition coefficient (Wildman–Crippen LogP) is 4.51. The average molecular weight is 567 g/mol. The summed E-state index contributed by atoms with van der Waals surface area (Å²) < 4.78 is 61.7. The van der Waals surface area contributed by atoms with Crippen LogP contribution in [0.1, 0.15) is 28.8 Å². The molecule has 1 aliphatic rings. The number of carbonyl (C=O) groups is 3. The van der Waals surface area contributed by atoms with Crippen LogP contribution in [-0.4, -0.2) is 42.8 Å². The van der Waals surface area contributed by atoms with Gasteiger partial charge >= 0.3 is 11.5 Å². The van der Waals surface area contributed by atoms with Crippen LogP contribution in [0.4, 0.5) is 29.3 Å². The molecule has 0 radical (unpaired) electrons. The van der Waals surface area contributed by atoms with Gasteiger partial charge in [0, 0.05) is 22.7 Å². The highest BCUT2D eigenvalue weighted by Crippen LogP contribution is 2.34. The van der Waals surface area contributed by atoms with Crippen molar-refractivity contribution in [1.29, 1.82) is 0 Å². The molecule has 0 spiro atoms. The third-order valence-electron chi connectivity index (χ3n) is 5.86. The summed E-state index contributed by atoms with van der Waals surface area (Å²) in [6, 6.07) is 9.07. The van der Waals surface area contributed by atoms with Crippen molar-refractivity contribution in [2.75, 3.05) is 10.2 Å². The van der Waals surface area contributed by atoms with Crippen LogP contribution >= 0.6 is 11.6 Å². The Balaban J connectivity index is 1.57. The highest BCUT2D eigenvalue weighted by Gasteiger charge is 2.47. The number of amides is 4. The highest BCUT2D eigenvalue weighted by atomic mass is 35.5. The molecule has 14 heteroatoms. The second-order valence-electron chi connectivity index (χ2n) is 8.26. The van der Waals surface area contributed by atoms with Crippen LogP contribution in [0.25, 0.3) is 0 Å². The normalized spacial score (nSPS) is 16.8. The smallest absolute Gasteiger partial charge is 0.325 e. The molecule has 4 rings (SSSR count). The standard InChI is InChI=1S/C24H18ClF3N4O5S/c1-13(18-9-10-29-12-19(18)30-21(33)14-3-2-4-15(25)11-14)20-22(34)32(23(35)31-20)16-5-7-17(8-6-16)38(36,37)24(26,27)28/h2-13,20H,1H3,(H,30,33)(H,31,35). The molecule has 9 nitrogen and oxygen atoms in total. The largest absolute Gasteiger partial charge is 0.501 e. The molecule has 2 atom stereocenters. The van der Waals surface area contributed by atoms with Crippen LogP contribution in [0.2, 0.25) is 5.02 Å². The zero-order valence-corrected chi connectivity index (χ0v) is 20.9. The number of halogens is 4. The summed E-state index contributed by atoms with van der Waals surface area (Å²) in [4.78, 5) is 42.3. The second-order valence-corrected chi connectivity index (χ2v) is 10.6. The van der Waals surface area contributed by atoms with Crippen molar-refractivity contribution in [3.05, 3.63) is 83.1 Å². The number of nitrogens with zero attached hydrogens (tertiary/aromatic N) is 2. The Morgan fingerprint density at radius 2 is 1.82 bits per heavy atom. The van der Waals surface area contributed by atoms with Gasteiger partial charge in [0.2, 0.25) is 0 Å². The van der Waals surface area contributed by atoms with Crippen LogP contribution in [0.5, 0.6) is 0 Å². The first-order chi connectivity index (χ1) is 17.8. The Morgan fingerprint density at radius 1 is 1.13 bits per heavy atom. The first-order valence-electron chi connectivity index (χ1n) is 10.9. The van der Waals surface area contributed by atoms with E-state index < -0.39 is 50.0 Å². The first-order valence-corrected chi connectivity index (χ1v) is 12.7. The lowest BCUT2D eigenvalue weighted by atomic mass is 9.92. The van der Waals surface area contributed by atoms with Gasteiger partial charge in [-0.1, -0.05) is 24.6 Å². The number of imide groups is 1. The number of carbonyl (C=O) groups excluding carboxylic acids is 3. The number of urea groups is 1. The molecule has 2 heterocycles. The van der Waals surface area contributed by atoms with Crippen molar-refractivity contribution in [3.63, 3.8) is 0 Å². The Labute approximate surface area is 219 Å². The number of nitrogens with one attached hydrogen (secondary N) is 2. The minimum atomic E-state index is -5.59. The van der Waals surface area contributed by atoms with Gasteiger partial charge in [0.1, 0.15) is 6.04 Å². The van der Waals surface area contributed by atoms with Crippen molar-refractivity contribution >= 4 is 50.7 Å². The molecule has 4 amide bonds. The predicted molar refractivity (Wildman–Crippen MR) is 132 cm³/mol.